The van der Waals surface area contributed by atoms with E-state index in [-0.39, 0.29) is 5.41 Å². The van der Waals surface area contributed by atoms with E-state index < -0.39 is 6.10 Å². The summed E-state index contributed by atoms with van der Waals surface area (Å²) in [7, 11) is 0. The van der Waals surface area contributed by atoms with Crippen molar-refractivity contribution in [3.05, 3.63) is 60.2 Å². The summed E-state index contributed by atoms with van der Waals surface area (Å²) in [5.74, 6) is 1.60. The van der Waals surface area contributed by atoms with Crippen LogP contribution >= 0.6 is 0 Å². The SMILES string of the molecule is CC(C)(C)CC(O)c1ccc(Oc2ccccc2)cc1. The molecule has 0 heterocycles. The Morgan fingerprint density at radius 2 is 1.45 bits per heavy atom. The quantitative estimate of drug-likeness (QED) is 0.852. The third-order valence-electron chi connectivity index (χ3n) is 3.05. The van der Waals surface area contributed by atoms with E-state index in [0.29, 0.717) is 0 Å². The van der Waals surface area contributed by atoms with E-state index in [2.05, 4.69) is 20.8 Å². The summed E-state index contributed by atoms with van der Waals surface area (Å²) >= 11 is 0. The first-order valence-electron chi connectivity index (χ1n) is 6.95. The Labute approximate surface area is 121 Å². The van der Waals surface area contributed by atoms with Gasteiger partial charge in [0.05, 0.1) is 6.10 Å². The number of benzene rings is 2. The minimum Gasteiger partial charge on any atom is -0.457 e. The summed E-state index contributed by atoms with van der Waals surface area (Å²) in [6.07, 6.45) is 0.312. The molecule has 2 aromatic carbocycles. The Bertz CT molecular complexity index is 524. The van der Waals surface area contributed by atoms with E-state index in [1.807, 2.05) is 54.6 Å². The molecule has 0 fully saturated rings. The minimum absolute atomic E-state index is 0.110. The third kappa shape index (κ3) is 4.39. The highest BCUT2D eigenvalue weighted by Crippen LogP contribution is 2.30. The Morgan fingerprint density at radius 3 is 2.00 bits per heavy atom. The zero-order valence-corrected chi connectivity index (χ0v) is 12.3. The minimum atomic E-state index is -0.430. The maximum atomic E-state index is 10.2. The summed E-state index contributed by atoms with van der Waals surface area (Å²) in [4.78, 5) is 0. The van der Waals surface area contributed by atoms with Crippen molar-refractivity contribution in [1.82, 2.24) is 0 Å². The fourth-order valence-corrected chi connectivity index (χ4v) is 2.08. The summed E-state index contributed by atoms with van der Waals surface area (Å²) < 4.78 is 5.73. The van der Waals surface area contributed by atoms with Gasteiger partial charge in [-0.1, -0.05) is 51.1 Å². The van der Waals surface area contributed by atoms with Crippen molar-refractivity contribution in [3.63, 3.8) is 0 Å². The van der Waals surface area contributed by atoms with Crippen molar-refractivity contribution < 1.29 is 9.84 Å². The van der Waals surface area contributed by atoms with Crippen LogP contribution in [-0.4, -0.2) is 5.11 Å². The molecule has 2 aromatic rings. The van der Waals surface area contributed by atoms with E-state index >= 15 is 0 Å². The van der Waals surface area contributed by atoms with Crippen molar-refractivity contribution in [2.45, 2.75) is 33.3 Å². The normalized spacial score (nSPS) is 13.0. The molecule has 0 bridgehead atoms. The largest absolute Gasteiger partial charge is 0.457 e. The summed E-state index contributed by atoms with van der Waals surface area (Å²) in [6.45, 7) is 6.38. The highest BCUT2D eigenvalue weighted by atomic mass is 16.5. The van der Waals surface area contributed by atoms with Gasteiger partial charge in [-0.3, -0.25) is 0 Å². The molecule has 2 rings (SSSR count). The maximum Gasteiger partial charge on any atom is 0.127 e. The molecule has 20 heavy (non-hydrogen) atoms. The van der Waals surface area contributed by atoms with Gasteiger partial charge in [-0.05, 0) is 41.7 Å². The zero-order chi connectivity index (χ0) is 14.6. The van der Waals surface area contributed by atoms with Gasteiger partial charge in [0.1, 0.15) is 11.5 Å². The fraction of sp³-hybridized carbons (Fsp3) is 0.333. The Balaban J connectivity index is 2.03. The van der Waals surface area contributed by atoms with Gasteiger partial charge in [0, 0.05) is 0 Å². The van der Waals surface area contributed by atoms with Crippen LogP contribution in [0.15, 0.2) is 54.6 Å². The summed E-state index contributed by atoms with van der Waals surface area (Å²) in [5.41, 5.74) is 1.04. The maximum absolute atomic E-state index is 10.2. The molecule has 1 unspecified atom stereocenters. The van der Waals surface area contributed by atoms with Gasteiger partial charge < -0.3 is 9.84 Å². The molecule has 1 atom stereocenters. The molecule has 0 radical (unpaired) electrons. The second kappa shape index (κ2) is 6.10. The lowest BCUT2D eigenvalue weighted by atomic mass is 9.87. The van der Waals surface area contributed by atoms with E-state index in [4.69, 9.17) is 4.74 Å². The van der Waals surface area contributed by atoms with E-state index in [1.165, 1.54) is 0 Å². The van der Waals surface area contributed by atoms with Gasteiger partial charge in [0.2, 0.25) is 0 Å². The number of rotatable bonds is 4. The first-order valence-corrected chi connectivity index (χ1v) is 6.95. The van der Waals surface area contributed by atoms with Crippen molar-refractivity contribution in [1.29, 1.82) is 0 Å². The molecule has 2 heteroatoms. The van der Waals surface area contributed by atoms with Crippen LogP contribution in [0.25, 0.3) is 0 Å². The molecule has 0 aliphatic rings. The van der Waals surface area contributed by atoms with Gasteiger partial charge in [0.15, 0.2) is 0 Å². The van der Waals surface area contributed by atoms with Crippen LogP contribution in [0.2, 0.25) is 0 Å². The Morgan fingerprint density at radius 1 is 0.900 bits per heavy atom. The molecule has 0 aliphatic carbocycles. The molecule has 106 valence electrons. The van der Waals surface area contributed by atoms with Crippen molar-refractivity contribution in [3.8, 4) is 11.5 Å². The van der Waals surface area contributed by atoms with Gasteiger partial charge in [0.25, 0.3) is 0 Å². The second-order valence-electron chi connectivity index (χ2n) is 6.26. The number of hydrogen-bond acceptors (Lipinski definition) is 2. The van der Waals surface area contributed by atoms with Crippen molar-refractivity contribution in [2.24, 2.45) is 5.41 Å². The first kappa shape index (κ1) is 14.6. The molecule has 1 N–H and O–H groups in total. The van der Waals surface area contributed by atoms with Crippen LogP contribution in [0.1, 0.15) is 38.9 Å². The molecule has 0 amide bonds. The van der Waals surface area contributed by atoms with Crippen LogP contribution in [0.3, 0.4) is 0 Å². The smallest absolute Gasteiger partial charge is 0.127 e. The number of aliphatic hydroxyl groups is 1. The second-order valence-corrected chi connectivity index (χ2v) is 6.26. The van der Waals surface area contributed by atoms with Crippen molar-refractivity contribution >= 4 is 0 Å². The molecule has 0 saturated heterocycles. The molecular weight excluding hydrogens is 248 g/mol. The van der Waals surface area contributed by atoms with E-state index in [9.17, 15) is 5.11 Å². The molecule has 0 spiro atoms. The number of hydrogen-bond donors (Lipinski definition) is 1. The molecule has 0 aliphatic heterocycles. The van der Waals surface area contributed by atoms with Crippen LogP contribution in [-0.2, 0) is 0 Å². The molecular formula is C18H22O2. The highest BCUT2D eigenvalue weighted by molar-refractivity contribution is 5.33. The van der Waals surface area contributed by atoms with Crippen LogP contribution in [0, 0.1) is 5.41 Å². The lowest BCUT2D eigenvalue weighted by Gasteiger charge is -2.22. The monoisotopic (exact) mass is 270 g/mol. The summed E-state index contributed by atoms with van der Waals surface area (Å²) in [5, 5.41) is 10.2. The summed E-state index contributed by atoms with van der Waals surface area (Å²) in [6, 6.07) is 17.3. The van der Waals surface area contributed by atoms with Crippen molar-refractivity contribution in [2.75, 3.05) is 0 Å². The predicted octanol–water partition coefficient (Wildman–Crippen LogP) is 4.95. The van der Waals surface area contributed by atoms with Crippen LogP contribution in [0.5, 0.6) is 11.5 Å². The highest BCUT2D eigenvalue weighted by Gasteiger charge is 2.18. The fourth-order valence-electron chi connectivity index (χ4n) is 2.08. The molecule has 0 saturated carbocycles. The zero-order valence-electron chi connectivity index (χ0n) is 12.3. The van der Waals surface area contributed by atoms with Crippen LogP contribution < -0.4 is 4.74 Å². The van der Waals surface area contributed by atoms with E-state index in [1.54, 1.807) is 0 Å². The van der Waals surface area contributed by atoms with Gasteiger partial charge in [-0.15, -0.1) is 0 Å². The van der Waals surface area contributed by atoms with Gasteiger partial charge in [-0.25, -0.2) is 0 Å². The van der Waals surface area contributed by atoms with E-state index in [0.717, 1.165) is 23.5 Å². The molecule has 2 nitrogen and oxygen atoms in total. The molecule has 0 aromatic heterocycles. The average molecular weight is 270 g/mol. The number of aliphatic hydroxyl groups excluding tert-OH is 1. The predicted molar refractivity (Wildman–Crippen MR) is 82.0 cm³/mol. The standard InChI is InChI=1S/C18H22O2/c1-18(2,3)13-17(19)14-9-11-16(12-10-14)20-15-7-5-4-6-8-15/h4-12,17,19H,13H2,1-3H3. The third-order valence-corrected chi connectivity index (χ3v) is 3.05. The lowest BCUT2D eigenvalue weighted by molar-refractivity contribution is 0.122. The van der Waals surface area contributed by atoms with Gasteiger partial charge >= 0.3 is 0 Å². The number of para-hydroxylation sites is 1. The first-order chi connectivity index (χ1) is 9.44. The van der Waals surface area contributed by atoms with Gasteiger partial charge in [-0.2, -0.15) is 0 Å². The number of ether oxygens (including phenoxy) is 1. The van der Waals surface area contributed by atoms with Crippen LogP contribution in [0.4, 0.5) is 0 Å². The Hall–Kier alpha value is -1.80. The topological polar surface area (TPSA) is 29.5 Å². The Kier molecular flexibility index (Phi) is 4.46. The lowest BCUT2D eigenvalue weighted by Crippen LogP contribution is -2.11. The average Bonchev–Trinajstić information content (AvgIpc) is 2.39.